The minimum atomic E-state index is -0.712. The first kappa shape index (κ1) is 21.3. The van der Waals surface area contributed by atoms with Crippen molar-refractivity contribution in [1.29, 1.82) is 5.26 Å². The third-order valence-electron chi connectivity index (χ3n) is 4.73. The summed E-state index contributed by atoms with van der Waals surface area (Å²) in [4.78, 5) is 24.4. The number of benzene rings is 1. The van der Waals surface area contributed by atoms with E-state index in [4.69, 9.17) is 10.2 Å². The number of anilines is 1. The molecule has 3 rings (SSSR count). The van der Waals surface area contributed by atoms with Crippen LogP contribution in [0.5, 0.6) is 0 Å². The van der Waals surface area contributed by atoms with Crippen molar-refractivity contribution in [3.63, 3.8) is 0 Å². The summed E-state index contributed by atoms with van der Waals surface area (Å²) >= 11 is 1.19. The molecule has 0 saturated heterocycles. The highest BCUT2D eigenvalue weighted by molar-refractivity contribution is 8.03. The van der Waals surface area contributed by atoms with Crippen molar-refractivity contribution in [2.75, 3.05) is 11.1 Å². The van der Waals surface area contributed by atoms with Gasteiger partial charge in [-0.2, -0.15) is 5.26 Å². The van der Waals surface area contributed by atoms with Crippen LogP contribution in [-0.4, -0.2) is 17.6 Å². The van der Waals surface area contributed by atoms with Gasteiger partial charge in [-0.1, -0.05) is 30.8 Å². The fourth-order valence-corrected chi connectivity index (χ4v) is 4.14. The third kappa shape index (κ3) is 4.58. The number of carbonyl (C=O) groups is 2. The Balaban J connectivity index is 1.78. The number of nitrogens with two attached hydrogens (primary N) is 1. The number of hydrogen-bond acceptors (Lipinski definition) is 6. The van der Waals surface area contributed by atoms with Crippen molar-refractivity contribution in [2.45, 2.75) is 26.2 Å². The number of carbonyl (C=O) groups excluding carboxylic acids is 2. The Kier molecular flexibility index (Phi) is 6.65. The van der Waals surface area contributed by atoms with E-state index in [0.717, 1.165) is 6.42 Å². The summed E-state index contributed by atoms with van der Waals surface area (Å²) in [6, 6.07) is 13.2. The number of amides is 2. The molecule has 0 unspecified atom stereocenters. The maximum atomic E-state index is 12.4. The first-order valence-corrected chi connectivity index (χ1v) is 10.4. The van der Waals surface area contributed by atoms with Gasteiger partial charge >= 0.3 is 0 Å². The number of nitrogens with one attached hydrogen (secondary N) is 2. The van der Waals surface area contributed by atoms with Crippen molar-refractivity contribution >= 4 is 29.3 Å². The highest BCUT2D eigenvalue weighted by atomic mass is 32.2. The standard InChI is InChI=1S/C22H22N4O3S/c1-3-14-6-8-15(9-7-14)26-18(27)12-30-22-16(11-23)20(17-5-4-10-29-17)19(21(24)28)13(2)25-22/h4-10,20,25H,3,12H2,1-2H3,(H2,24,28)(H,26,27)/t20-/m0/s1. The van der Waals surface area contributed by atoms with Crippen LogP contribution in [0.2, 0.25) is 0 Å². The topological polar surface area (TPSA) is 121 Å². The van der Waals surface area contributed by atoms with E-state index in [1.165, 1.54) is 23.6 Å². The lowest BCUT2D eigenvalue weighted by molar-refractivity contribution is -0.115. The number of primary amides is 1. The number of furan rings is 1. The lowest BCUT2D eigenvalue weighted by Gasteiger charge is -2.27. The zero-order valence-electron chi connectivity index (χ0n) is 16.7. The van der Waals surface area contributed by atoms with Crippen LogP contribution in [0.15, 0.2) is 69.0 Å². The van der Waals surface area contributed by atoms with Crippen molar-refractivity contribution in [3.8, 4) is 6.07 Å². The third-order valence-corrected chi connectivity index (χ3v) is 5.75. The summed E-state index contributed by atoms with van der Waals surface area (Å²) in [6.45, 7) is 3.78. The second kappa shape index (κ2) is 9.37. The Morgan fingerprint density at radius 2 is 2.03 bits per heavy atom. The molecule has 0 bridgehead atoms. The van der Waals surface area contributed by atoms with Gasteiger partial charge in [0.2, 0.25) is 11.8 Å². The highest BCUT2D eigenvalue weighted by Gasteiger charge is 2.35. The van der Waals surface area contributed by atoms with Crippen LogP contribution >= 0.6 is 11.8 Å². The summed E-state index contributed by atoms with van der Waals surface area (Å²) in [6.07, 6.45) is 2.40. The van der Waals surface area contributed by atoms with Crippen LogP contribution < -0.4 is 16.4 Å². The largest absolute Gasteiger partial charge is 0.468 e. The Morgan fingerprint density at radius 1 is 1.30 bits per heavy atom. The Bertz CT molecular complexity index is 1050. The van der Waals surface area contributed by atoms with Gasteiger partial charge in [0, 0.05) is 11.4 Å². The highest BCUT2D eigenvalue weighted by Crippen LogP contribution is 2.40. The molecule has 2 amide bonds. The normalized spacial score (nSPS) is 16.1. The molecule has 1 aliphatic heterocycles. The van der Waals surface area contributed by atoms with Gasteiger partial charge in [-0.3, -0.25) is 9.59 Å². The van der Waals surface area contributed by atoms with Gasteiger partial charge in [-0.25, -0.2) is 0 Å². The van der Waals surface area contributed by atoms with Crippen molar-refractivity contribution in [2.24, 2.45) is 5.73 Å². The molecule has 1 aromatic carbocycles. The van der Waals surface area contributed by atoms with Crippen molar-refractivity contribution in [3.05, 3.63) is 75.9 Å². The number of allylic oxidation sites excluding steroid dienone is 2. The Morgan fingerprint density at radius 3 is 2.60 bits per heavy atom. The van der Waals surface area contributed by atoms with Crippen LogP contribution in [0.1, 0.15) is 31.1 Å². The number of thioether (sulfide) groups is 1. The van der Waals surface area contributed by atoms with E-state index in [-0.39, 0.29) is 22.8 Å². The van der Waals surface area contributed by atoms with Crippen LogP contribution in [-0.2, 0) is 16.0 Å². The molecular formula is C22H22N4O3S. The lowest BCUT2D eigenvalue weighted by atomic mass is 9.86. The van der Waals surface area contributed by atoms with Gasteiger partial charge in [0.05, 0.1) is 40.2 Å². The monoisotopic (exact) mass is 422 g/mol. The van der Waals surface area contributed by atoms with Gasteiger partial charge in [0.25, 0.3) is 0 Å². The molecule has 154 valence electrons. The molecule has 0 fully saturated rings. The predicted molar refractivity (Wildman–Crippen MR) is 116 cm³/mol. The summed E-state index contributed by atoms with van der Waals surface area (Å²) in [5.41, 5.74) is 8.55. The van der Waals surface area contributed by atoms with Gasteiger partial charge in [0.1, 0.15) is 5.76 Å². The summed E-state index contributed by atoms with van der Waals surface area (Å²) in [5, 5.41) is 16.2. The van der Waals surface area contributed by atoms with E-state index < -0.39 is 11.8 Å². The average molecular weight is 423 g/mol. The molecule has 1 atom stereocenters. The minimum absolute atomic E-state index is 0.0904. The summed E-state index contributed by atoms with van der Waals surface area (Å²) in [7, 11) is 0. The van der Waals surface area contributed by atoms with Crippen LogP contribution in [0.4, 0.5) is 5.69 Å². The van der Waals surface area contributed by atoms with E-state index in [1.807, 2.05) is 24.3 Å². The first-order chi connectivity index (χ1) is 14.4. The number of hydrogen-bond donors (Lipinski definition) is 3. The molecule has 4 N–H and O–H groups in total. The molecule has 0 saturated carbocycles. The number of nitrogens with zero attached hydrogens (tertiary/aromatic N) is 1. The first-order valence-electron chi connectivity index (χ1n) is 9.41. The Hall–Kier alpha value is -3.44. The van der Waals surface area contributed by atoms with E-state index in [2.05, 4.69) is 23.6 Å². The maximum Gasteiger partial charge on any atom is 0.247 e. The number of aryl methyl sites for hydroxylation is 1. The number of nitriles is 1. The SMILES string of the molecule is CCc1ccc(NC(=O)CSC2=C(C#N)[C@@H](c3ccco3)C(C(N)=O)=C(C)N2)cc1. The molecule has 7 nitrogen and oxygen atoms in total. The molecular weight excluding hydrogens is 400 g/mol. The molecule has 0 aliphatic carbocycles. The van der Waals surface area contributed by atoms with E-state index in [0.29, 0.717) is 22.2 Å². The van der Waals surface area contributed by atoms with Gasteiger partial charge in [0.15, 0.2) is 0 Å². The smallest absolute Gasteiger partial charge is 0.247 e. The molecule has 2 aromatic rings. The fraction of sp³-hybridized carbons (Fsp3) is 0.227. The maximum absolute atomic E-state index is 12.4. The van der Waals surface area contributed by atoms with Crippen LogP contribution in [0, 0.1) is 11.3 Å². The van der Waals surface area contributed by atoms with Crippen LogP contribution in [0.3, 0.4) is 0 Å². The zero-order valence-corrected chi connectivity index (χ0v) is 17.5. The molecule has 0 spiro atoms. The van der Waals surface area contributed by atoms with Gasteiger partial charge in [-0.05, 0) is 43.2 Å². The van der Waals surface area contributed by atoms with Gasteiger partial charge < -0.3 is 20.8 Å². The average Bonchev–Trinajstić information content (AvgIpc) is 3.26. The fourth-order valence-electron chi connectivity index (χ4n) is 3.25. The summed E-state index contributed by atoms with van der Waals surface area (Å²) < 4.78 is 5.46. The molecule has 8 heteroatoms. The second-order valence-electron chi connectivity index (χ2n) is 6.72. The lowest BCUT2D eigenvalue weighted by Crippen LogP contribution is -2.31. The minimum Gasteiger partial charge on any atom is -0.468 e. The molecule has 30 heavy (non-hydrogen) atoms. The quantitative estimate of drug-likeness (QED) is 0.629. The summed E-state index contributed by atoms with van der Waals surface area (Å²) in [5.74, 6) is -1.01. The predicted octanol–water partition coefficient (Wildman–Crippen LogP) is 3.40. The van der Waals surface area contributed by atoms with Gasteiger partial charge in [-0.15, -0.1) is 0 Å². The number of dihydropyridines is 1. The second-order valence-corrected chi connectivity index (χ2v) is 7.70. The van der Waals surface area contributed by atoms with Crippen molar-refractivity contribution in [1.82, 2.24) is 5.32 Å². The number of rotatable bonds is 7. The molecule has 1 aliphatic rings. The molecule has 1 aromatic heterocycles. The van der Waals surface area contributed by atoms with E-state index >= 15 is 0 Å². The Labute approximate surface area is 179 Å². The van der Waals surface area contributed by atoms with E-state index in [1.54, 1.807) is 19.1 Å². The molecule has 0 radical (unpaired) electrons. The zero-order chi connectivity index (χ0) is 21.7. The van der Waals surface area contributed by atoms with Crippen LogP contribution in [0.25, 0.3) is 0 Å². The molecule has 2 heterocycles. The van der Waals surface area contributed by atoms with E-state index in [9.17, 15) is 14.9 Å². The van der Waals surface area contributed by atoms with Crippen molar-refractivity contribution < 1.29 is 14.0 Å².